The van der Waals surface area contributed by atoms with Gasteiger partial charge in [0.15, 0.2) is 0 Å². The summed E-state index contributed by atoms with van der Waals surface area (Å²) in [5, 5.41) is 12.0. The maximum atomic E-state index is 12.8. The van der Waals surface area contributed by atoms with Crippen LogP contribution in [-0.2, 0) is 6.61 Å². The molecule has 0 saturated heterocycles. The minimum Gasteiger partial charge on any atom is -0.486 e. The number of nitrogens with zero attached hydrogens (tertiary/aromatic N) is 1. The Balaban J connectivity index is 1.30. The highest BCUT2D eigenvalue weighted by atomic mass is 79.9. The van der Waals surface area contributed by atoms with E-state index in [9.17, 15) is 9.59 Å². The monoisotopic (exact) mass is 562 g/mol. The van der Waals surface area contributed by atoms with E-state index < -0.39 is 0 Å². The number of rotatable bonds is 7. The molecule has 2 unspecified atom stereocenters. The molecule has 1 aromatic heterocycles. The second kappa shape index (κ2) is 11.7. The molecular weight excluding hydrogens is 540 g/mol. The Morgan fingerprint density at radius 1 is 1.03 bits per heavy atom. The van der Waals surface area contributed by atoms with Crippen molar-refractivity contribution in [2.24, 2.45) is 0 Å². The molecule has 1 aliphatic carbocycles. The molecule has 7 nitrogen and oxygen atoms in total. The Hall–Kier alpha value is -2.62. The number of thiazole rings is 1. The smallest absolute Gasteiger partial charge is 0.319 e. The average molecular weight is 564 g/mol. The maximum absolute atomic E-state index is 12.8. The van der Waals surface area contributed by atoms with Crippen molar-refractivity contribution >= 4 is 56.5 Å². The fourth-order valence-corrected chi connectivity index (χ4v) is 4.82. The number of benzene rings is 2. The number of hydrogen-bond acceptors (Lipinski definition) is 5. The predicted octanol–water partition coefficient (Wildman–Crippen LogP) is 6.00. The highest BCUT2D eigenvalue weighted by molar-refractivity contribution is 9.10. The number of urea groups is 1. The molecule has 0 radical (unpaired) electrons. The van der Waals surface area contributed by atoms with Crippen LogP contribution in [0.5, 0.6) is 5.75 Å². The number of nitrogens with one attached hydrogen (secondary N) is 3. The molecule has 178 valence electrons. The molecule has 3 N–H and O–H groups in total. The van der Waals surface area contributed by atoms with Gasteiger partial charge in [0.1, 0.15) is 23.1 Å². The molecule has 0 bridgehead atoms. The standard InChI is InChI=1S/C24H24BrClN4O3S/c25-15-5-9-17(10-6-15)27-24(32)30-20-4-2-1-3-19(20)29-23(31)21-14-34-22(28-21)13-33-18-11-7-16(26)8-12-18/h5-12,14,19-20H,1-4,13H2,(H,29,31)(H2,27,30,32). The molecule has 1 heterocycles. The summed E-state index contributed by atoms with van der Waals surface area (Å²) in [6.45, 7) is 0.267. The number of hydrogen-bond donors (Lipinski definition) is 3. The Morgan fingerprint density at radius 3 is 2.41 bits per heavy atom. The number of carbonyl (C=O) groups is 2. The molecular formula is C24H24BrClN4O3S. The second-order valence-electron chi connectivity index (χ2n) is 7.95. The van der Waals surface area contributed by atoms with Gasteiger partial charge in [-0.3, -0.25) is 4.79 Å². The molecule has 0 aliphatic heterocycles. The Morgan fingerprint density at radius 2 is 1.71 bits per heavy atom. The van der Waals surface area contributed by atoms with E-state index >= 15 is 0 Å². The van der Waals surface area contributed by atoms with Crippen LogP contribution in [0.3, 0.4) is 0 Å². The zero-order chi connectivity index (χ0) is 23.9. The van der Waals surface area contributed by atoms with Crippen LogP contribution < -0.4 is 20.7 Å². The van der Waals surface area contributed by atoms with Crippen LogP contribution in [0.2, 0.25) is 5.02 Å². The van der Waals surface area contributed by atoms with E-state index in [2.05, 4.69) is 36.9 Å². The Bertz CT molecular complexity index is 1120. The summed E-state index contributed by atoms with van der Waals surface area (Å²) >= 11 is 10.6. The van der Waals surface area contributed by atoms with Crippen molar-refractivity contribution < 1.29 is 14.3 Å². The third-order valence-corrected chi connectivity index (χ3v) is 7.06. The summed E-state index contributed by atoms with van der Waals surface area (Å²) in [5.74, 6) is 0.434. The molecule has 0 spiro atoms. The van der Waals surface area contributed by atoms with Crippen molar-refractivity contribution in [1.82, 2.24) is 15.6 Å². The maximum Gasteiger partial charge on any atom is 0.319 e. The van der Waals surface area contributed by atoms with E-state index in [1.54, 1.807) is 29.6 Å². The van der Waals surface area contributed by atoms with Gasteiger partial charge in [-0.25, -0.2) is 9.78 Å². The summed E-state index contributed by atoms with van der Waals surface area (Å²) in [5.41, 5.74) is 1.05. The minimum atomic E-state index is -0.288. The lowest BCUT2D eigenvalue weighted by atomic mass is 9.90. The third kappa shape index (κ3) is 6.94. The highest BCUT2D eigenvalue weighted by Gasteiger charge is 2.28. The lowest BCUT2D eigenvalue weighted by Crippen LogP contribution is -2.54. The van der Waals surface area contributed by atoms with Crippen molar-refractivity contribution in [2.45, 2.75) is 44.4 Å². The van der Waals surface area contributed by atoms with Gasteiger partial charge in [0.05, 0.1) is 6.04 Å². The molecule has 34 heavy (non-hydrogen) atoms. The number of carbonyl (C=O) groups excluding carboxylic acids is 2. The number of amides is 3. The first kappa shape index (κ1) is 24.5. The van der Waals surface area contributed by atoms with Crippen molar-refractivity contribution in [3.05, 3.63) is 74.1 Å². The van der Waals surface area contributed by atoms with Crippen LogP contribution in [0, 0.1) is 0 Å². The first-order valence-corrected chi connectivity index (χ1v) is 13.0. The Kier molecular flexibility index (Phi) is 8.42. The summed E-state index contributed by atoms with van der Waals surface area (Å²) in [6, 6.07) is 13.8. The summed E-state index contributed by atoms with van der Waals surface area (Å²) in [6.07, 6.45) is 3.59. The molecule has 3 amide bonds. The van der Waals surface area contributed by atoms with Gasteiger partial charge in [0.25, 0.3) is 5.91 Å². The summed E-state index contributed by atoms with van der Waals surface area (Å²) in [4.78, 5) is 29.7. The average Bonchev–Trinajstić information content (AvgIpc) is 3.31. The summed E-state index contributed by atoms with van der Waals surface area (Å²) < 4.78 is 6.65. The number of halogens is 2. The van der Waals surface area contributed by atoms with Gasteiger partial charge < -0.3 is 20.7 Å². The SMILES string of the molecule is O=C(Nc1ccc(Br)cc1)NC1CCCCC1NC(=O)c1csc(COc2ccc(Cl)cc2)n1. The van der Waals surface area contributed by atoms with E-state index in [-0.39, 0.29) is 30.6 Å². The fourth-order valence-electron chi connectivity index (χ4n) is 3.74. The molecule has 1 saturated carbocycles. The number of ether oxygens (including phenoxy) is 1. The van der Waals surface area contributed by atoms with Gasteiger partial charge in [0.2, 0.25) is 0 Å². The van der Waals surface area contributed by atoms with E-state index in [0.717, 1.165) is 30.2 Å². The van der Waals surface area contributed by atoms with Gasteiger partial charge in [-0.1, -0.05) is 40.4 Å². The largest absolute Gasteiger partial charge is 0.486 e. The predicted molar refractivity (Wildman–Crippen MR) is 138 cm³/mol. The lowest BCUT2D eigenvalue weighted by Gasteiger charge is -2.32. The van der Waals surface area contributed by atoms with E-state index in [1.807, 2.05) is 24.3 Å². The molecule has 2 aromatic carbocycles. The zero-order valence-electron chi connectivity index (χ0n) is 18.2. The van der Waals surface area contributed by atoms with Crippen LogP contribution in [0.4, 0.5) is 10.5 Å². The molecule has 1 aliphatic rings. The second-order valence-corrected chi connectivity index (χ2v) is 10.2. The van der Waals surface area contributed by atoms with Crippen molar-refractivity contribution in [2.75, 3.05) is 5.32 Å². The van der Waals surface area contributed by atoms with Crippen LogP contribution in [0.15, 0.2) is 58.4 Å². The molecule has 10 heteroatoms. The Labute approximate surface area is 215 Å². The topological polar surface area (TPSA) is 92.4 Å². The number of aromatic nitrogens is 1. The van der Waals surface area contributed by atoms with E-state index in [4.69, 9.17) is 16.3 Å². The zero-order valence-corrected chi connectivity index (χ0v) is 21.4. The summed E-state index contributed by atoms with van der Waals surface area (Å²) in [7, 11) is 0. The van der Waals surface area contributed by atoms with E-state index in [1.165, 1.54) is 11.3 Å². The van der Waals surface area contributed by atoms with Crippen LogP contribution >= 0.6 is 38.9 Å². The van der Waals surface area contributed by atoms with Crippen LogP contribution in [0.1, 0.15) is 41.2 Å². The molecule has 3 aromatic rings. The van der Waals surface area contributed by atoms with Crippen LogP contribution in [0.25, 0.3) is 0 Å². The van der Waals surface area contributed by atoms with Gasteiger partial charge in [-0.2, -0.15) is 0 Å². The van der Waals surface area contributed by atoms with Gasteiger partial charge >= 0.3 is 6.03 Å². The van der Waals surface area contributed by atoms with Crippen LogP contribution in [-0.4, -0.2) is 29.0 Å². The normalized spacial score (nSPS) is 17.6. The molecule has 1 fully saturated rings. The highest BCUT2D eigenvalue weighted by Crippen LogP contribution is 2.21. The van der Waals surface area contributed by atoms with Gasteiger partial charge in [-0.05, 0) is 61.4 Å². The first-order valence-electron chi connectivity index (χ1n) is 10.9. The van der Waals surface area contributed by atoms with Gasteiger partial charge in [0, 0.05) is 26.6 Å². The number of anilines is 1. The third-order valence-electron chi connectivity index (χ3n) is 5.46. The molecule has 2 atom stereocenters. The quantitative estimate of drug-likeness (QED) is 0.329. The van der Waals surface area contributed by atoms with Crippen molar-refractivity contribution in [3.8, 4) is 5.75 Å². The van der Waals surface area contributed by atoms with Crippen molar-refractivity contribution in [3.63, 3.8) is 0 Å². The minimum absolute atomic E-state index is 0.153. The fraction of sp³-hybridized carbons (Fsp3) is 0.292. The van der Waals surface area contributed by atoms with Gasteiger partial charge in [-0.15, -0.1) is 11.3 Å². The lowest BCUT2D eigenvalue weighted by molar-refractivity contribution is 0.0911. The van der Waals surface area contributed by atoms with Crippen molar-refractivity contribution in [1.29, 1.82) is 0 Å². The van der Waals surface area contributed by atoms with E-state index in [0.29, 0.717) is 27.2 Å². The molecule has 4 rings (SSSR count). The first-order chi connectivity index (χ1) is 16.5.